The fourth-order valence-electron chi connectivity index (χ4n) is 4.34. The van der Waals surface area contributed by atoms with E-state index in [1.54, 1.807) is 31.4 Å². The Kier molecular flexibility index (Phi) is 5.90. The molecule has 156 valence electrons. The topological polar surface area (TPSA) is 56.6 Å². The lowest BCUT2D eigenvalue weighted by Gasteiger charge is -2.43. The van der Waals surface area contributed by atoms with E-state index in [0.717, 1.165) is 29.1 Å². The highest BCUT2D eigenvalue weighted by atomic mass is 16.5. The second-order valence-electron chi connectivity index (χ2n) is 7.68. The van der Waals surface area contributed by atoms with Crippen molar-refractivity contribution in [1.82, 2.24) is 0 Å². The fraction of sp³-hybridized carbons (Fsp3) is 0.231. The molecule has 3 aromatic carbocycles. The van der Waals surface area contributed by atoms with Crippen molar-refractivity contribution < 1.29 is 9.53 Å². The summed E-state index contributed by atoms with van der Waals surface area (Å²) in [6.07, 6.45) is 0.732. The van der Waals surface area contributed by atoms with Gasteiger partial charge in [-0.1, -0.05) is 36.4 Å². The normalized spacial score (nSPS) is 17.4. The summed E-state index contributed by atoms with van der Waals surface area (Å²) in [6.45, 7) is 2.35. The van der Waals surface area contributed by atoms with E-state index < -0.39 is 0 Å². The van der Waals surface area contributed by atoms with E-state index in [1.807, 2.05) is 53.4 Å². The summed E-state index contributed by atoms with van der Waals surface area (Å²) in [7, 11) is 1.61. The van der Waals surface area contributed by atoms with Crippen LogP contribution in [-0.4, -0.2) is 25.6 Å². The Balaban J connectivity index is 1.73. The van der Waals surface area contributed by atoms with Crippen LogP contribution in [0.3, 0.4) is 0 Å². The standard InChI is InChI=1S/C26H25N3O2/c1-19-18-25(28(17-16-27)21-8-4-3-5-9-21)23-10-6-7-11-24(23)29(19)26(30)20-12-14-22(31-2)15-13-20/h3-15,19,25H,17-18H2,1-2H3. The maximum Gasteiger partial charge on any atom is 0.258 e. The summed E-state index contributed by atoms with van der Waals surface area (Å²) >= 11 is 0. The molecule has 1 aliphatic rings. The first-order valence-electron chi connectivity index (χ1n) is 10.4. The molecule has 0 aliphatic carbocycles. The van der Waals surface area contributed by atoms with Crippen LogP contribution in [0.4, 0.5) is 11.4 Å². The van der Waals surface area contributed by atoms with Gasteiger partial charge in [-0.15, -0.1) is 0 Å². The Hall–Kier alpha value is -3.78. The first kappa shape index (κ1) is 20.5. The number of hydrogen-bond acceptors (Lipinski definition) is 4. The Labute approximate surface area is 183 Å². The third-order valence-corrected chi connectivity index (χ3v) is 5.82. The Bertz CT molecular complexity index is 1090. The quantitative estimate of drug-likeness (QED) is 0.541. The van der Waals surface area contributed by atoms with Crippen molar-refractivity contribution in [3.63, 3.8) is 0 Å². The number of anilines is 2. The highest BCUT2D eigenvalue weighted by Gasteiger charge is 2.36. The van der Waals surface area contributed by atoms with Crippen LogP contribution in [-0.2, 0) is 0 Å². The monoisotopic (exact) mass is 411 g/mol. The molecule has 0 radical (unpaired) electrons. The highest BCUT2D eigenvalue weighted by molar-refractivity contribution is 6.07. The zero-order chi connectivity index (χ0) is 21.8. The molecule has 0 saturated carbocycles. The third-order valence-electron chi connectivity index (χ3n) is 5.82. The Morgan fingerprint density at radius 1 is 1.06 bits per heavy atom. The van der Waals surface area contributed by atoms with E-state index in [1.165, 1.54) is 0 Å². The van der Waals surface area contributed by atoms with Crippen LogP contribution in [0.25, 0.3) is 0 Å². The van der Waals surface area contributed by atoms with Crippen LogP contribution in [0.2, 0.25) is 0 Å². The SMILES string of the molecule is COc1ccc(C(=O)N2c3ccccc3C(N(CC#N)c3ccccc3)CC2C)cc1. The van der Waals surface area contributed by atoms with Crippen molar-refractivity contribution in [2.24, 2.45) is 0 Å². The molecule has 5 nitrogen and oxygen atoms in total. The lowest BCUT2D eigenvalue weighted by Crippen LogP contribution is -2.46. The second-order valence-corrected chi connectivity index (χ2v) is 7.68. The smallest absolute Gasteiger partial charge is 0.258 e. The predicted molar refractivity (Wildman–Crippen MR) is 122 cm³/mol. The molecule has 1 amide bonds. The number of nitriles is 1. The van der Waals surface area contributed by atoms with Gasteiger partial charge in [0.25, 0.3) is 5.91 Å². The average Bonchev–Trinajstić information content (AvgIpc) is 2.82. The minimum absolute atomic E-state index is 0.00756. The van der Waals surface area contributed by atoms with Crippen LogP contribution in [0.5, 0.6) is 5.75 Å². The Morgan fingerprint density at radius 3 is 2.42 bits per heavy atom. The van der Waals surface area contributed by atoms with Gasteiger partial charge in [-0.25, -0.2) is 0 Å². The van der Waals surface area contributed by atoms with Crippen molar-refractivity contribution in [3.8, 4) is 11.8 Å². The minimum atomic E-state index is -0.0346. The number of benzene rings is 3. The summed E-state index contributed by atoms with van der Waals surface area (Å²) < 4.78 is 5.22. The first-order valence-corrected chi connectivity index (χ1v) is 10.4. The predicted octanol–water partition coefficient (Wildman–Crippen LogP) is 5.21. The van der Waals surface area contributed by atoms with Crippen LogP contribution >= 0.6 is 0 Å². The van der Waals surface area contributed by atoms with Crippen molar-refractivity contribution in [2.45, 2.75) is 25.4 Å². The maximum atomic E-state index is 13.5. The number of hydrogen-bond donors (Lipinski definition) is 0. The molecule has 2 atom stereocenters. The van der Waals surface area contributed by atoms with Crippen molar-refractivity contribution in [3.05, 3.63) is 90.0 Å². The van der Waals surface area contributed by atoms with E-state index in [2.05, 4.69) is 24.0 Å². The number of carbonyl (C=O) groups excluding carboxylic acids is 1. The van der Waals surface area contributed by atoms with Crippen LogP contribution in [0.15, 0.2) is 78.9 Å². The molecule has 1 heterocycles. The van der Waals surface area contributed by atoms with Gasteiger partial charge in [-0.3, -0.25) is 4.79 Å². The van der Waals surface area contributed by atoms with Crippen LogP contribution in [0, 0.1) is 11.3 Å². The summed E-state index contributed by atoms with van der Waals surface area (Å²) in [5.41, 5.74) is 3.58. The number of para-hydroxylation sites is 2. The molecule has 4 rings (SSSR count). The van der Waals surface area contributed by atoms with E-state index >= 15 is 0 Å². The molecular formula is C26H25N3O2. The molecule has 3 aromatic rings. The molecule has 0 saturated heterocycles. The maximum absolute atomic E-state index is 13.5. The number of ether oxygens (including phenoxy) is 1. The molecule has 0 N–H and O–H groups in total. The van der Waals surface area contributed by atoms with E-state index in [4.69, 9.17) is 4.74 Å². The minimum Gasteiger partial charge on any atom is -0.497 e. The molecule has 5 heteroatoms. The van der Waals surface area contributed by atoms with Gasteiger partial charge in [0, 0.05) is 23.0 Å². The zero-order valence-corrected chi connectivity index (χ0v) is 17.7. The van der Waals surface area contributed by atoms with E-state index in [-0.39, 0.29) is 24.5 Å². The zero-order valence-electron chi connectivity index (χ0n) is 17.7. The second kappa shape index (κ2) is 8.93. The molecular weight excluding hydrogens is 386 g/mol. The number of carbonyl (C=O) groups is 1. The number of fused-ring (bicyclic) bond motifs is 1. The van der Waals surface area contributed by atoms with Gasteiger partial charge in [-0.05, 0) is 61.4 Å². The molecule has 0 bridgehead atoms. The molecule has 1 aliphatic heterocycles. The number of nitrogens with zero attached hydrogens (tertiary/aromatic N) is 3. The first-order chi connectivity index (χ1) is 15.1. The van der Waals surface area contributed by atoms with Crippen molar-refractivity contribution >= 4 is 17.3 Å². The fourth-order valence-corrected chi connectivity index (χ4v) is 4.34. The van der Waals surface area contributed by atoms with E-state index in [0.29, 0.717) is 5.56 Å². The van der Waals surface area contributed by atoms with Gasteiger partial charge < -0.3 is 14.5 Å². The van der Waals surface area contributed by atoms with Crippen LogP contribution in [0.1, 0.15) is 35.3 Å². The molecule has 31 heavy (non-hydrogen) atoms. The van der Waals surface area contributed by atoms with Gasteiger partial charge in [0.15, 0.2) is 0 Å². The molecule has 0 aromatic heterocycles. The summed E-state index contributed by atoms with van der Waals surface area (Å²) in [4.78, 5) is 17.5. The van der Waals surface area contributed by atoms with Crippen molar-refractivity contribution in [1.29, 1.82) is 5.26 Å². The molecule has 0 fully saturated rings. The van der Waals surface area contributed by atoms with Gasteiger partial charge in [0.1, 0.15) is 12.3 Å². The summed E-state index contributed by atoms with van der Waals surface area (Å²) in [6, 6.07) is 27.5. The average molecular weight is 412 g/mol. The van der Waals surface area contributed by atoms with Gasteiger partial charge in [-0.2, -0.15) is 5.26 Å². The summed E-state index contributed by atoms with van der Waals surface area (Å²) in [5.74, 6) is 0.686. The van der Waals surface area contributed by atoms with Crippen molar-refractivity contribution in [2.75, 3.05) is 23.5 Å². The lowest BCUT2D eigenvalue weighted by molar-refractivity contribution is 0.0973. The largest absolute Gasteiger partial charge is 0.497 e. The number of rotatable bonds is 5. The highest BCUT2D eigenvalue weighted by Crippen LogP contribution is 2.42. The third kappa shape index (κ3) is 3.97. The van der Waals surface area contributed by atoms with Gasteiger partial charge in [0.05, 0.1) is 19.2 Å². The lowest BCUT2D eigenvalue weighted by atomic mass is 9.89. The van der Waals surface area contributed by atoms with Gasteiger partial charge in [0.2, 0.25) is 0 Å². The van der Waals surface area contributed by atoms with Crippen LogP contribution < -0.4 is 14.5 Å². The molecule has 2 unspecified atom stereocenters. The van der Waals surface area contributed by atoms with E-state index in [9.17, 15) is 10.1 Å². The summed E-state index contributed by atoms with van der Waals surface area (Å²) in [5, 5.41) is 9.51. The van der Waals surface area contributed by atoms with Gasteiger partial charge >= 0.3 is 0 Å². The molecule has 0 spiro atoms. The Morgan fingerprint density at radius 2 is 1.74 bits per heavy atom. The number of amides is 1. The number of methoxy groups -OCH3 is 1.